The van der Waals surface area contributed by atoms with E-state index in [9.17, 15) is 5.21 Å². The Labute approximate surface area is 130 Å². The van der Waals surface area contributed by atoms with Crippen molar-refractivity contribution in [2.45, 2.75) is 0 Å². The lowest BCUT2D eigenvalue weighted by molar-refractivity contribution is -0.577. The van der Waals surface area contributed by atoms with Crippen molar-refractivity contribution in [1.82, 2.24) is 0 Å². The maximum Gasteiger partial charge on any atom is 0.224 e. The highest BCUT2D eigenvalue weighted by Crippen LogP contribution is 2.19. The van der Waals surface area contributed by atoms with Crippen LogP contribution >= 0.6 is 0 Å². The standard InChI is InChI=1S/C19H18N2O/c1-20(2)17-11-8-15(9-12-17)7-10-16-13-14-21(22)19-6-4-3-5-18(16)19/h3-14H,1-2H3. The maximum atomic E-state index is 11.8. The monoisotopic (exact) mass is 290 g/mol. The van der Waals surface area contributed by atoms with E-state index in [-0.39, 0.29) is 0 Å². The SMILES string of the molecule is CN(C)c1ccc(C=Cc2cc[n+]([O-])c3ccccc23)cc1. The van der Waals surface area contributed by atoms with Gasteiger partial charge in [0, 0.05) is 31.9 Å². The summed E-state index contributed by atoms with van der Waals surface area (Å²) in [6.07, 6.45) is 5.67. The van der Waals surface area contributed by atoms with Gasteiger partial charge in [0.2, 0.25) is 5.52 Å². The van der Waals surface area contributed by atoms with E-state index >= 15 is 0 Å². The molecule has 0 aliphatic rings. The highest BCUT2D eigenvalue weighted by molar-refractivity contribution is 5.88. The molecule has 0 N–H and O–H groups in total. The van der Waals surface area contributed by atoms with Crippen LogP contribution in [-0.4, -0.2) is 14.1 Å². The van der Waals surface area contributed by atoms with E-state index in [0.29, 0.717) is 5.52 Å². The number of fused-ring (bicyclic) bond motifs is 1. The van der Waals surface area contributed by atoms with Gasteiger partial charge in [-0.05, 0) is 29.3 Å². The smallest absolute Gasteiger partial charge is 0.224 e. The van der Waals surface area contributed by atoms with Crippen molar-refractivity contribution in [1.29, 1.82) is 0 Å². The van der Waals surface area contributed by atoms with Gasteiger partial charge in [-0.15, -0.1) is 0 Å². The summed E-state index contributed by atoms with van der Waals surface area (Å²) in [5, 5.41) is 12.8. The first-order valence-corrected chi connectivity index (χ1v) is 7.21. The third-order valence-electron chi connectivity index (χ3n) is 3.71. The minimum absolute atomic E-state index is 0.688. The molecular weight excluding hydrogens is 272 g/mol. The molecule has 0 radical (unpaired) electrons. The molecule has 0 bridgehead atoms. The van der Waals surface area contributed by atoms with Crippen LogP contribution in [0.5, 0.6) is 0 Å². The Hall–Kier alpha value is -2.81. The Morgan fingerprint density at radius 1 is 0.909 bits per heavy atom. The second-order valence-electron chi connectivity index (χ2n) is 5.43. The molecule has 2 aromatic carbocycles. The predicted octanol–water partition coefficient (Wildman–Crippen LogP) is 3.71. The summed E-state index contributed by atoms with van der Waals surface area (Å²) in [6.45, 7) is 0. The molecule has 0 aliphatic heterocycles. The van der Waals surface area contributed by atoms with Crippen LogP contribution in [0.1, 0.15) is 11.1 Å². The Kier molecular flexibility index (Phi) is 3.79. The van der Waals surface area contributed by atoms with Crippen molar-refractivity contribution in [2.75, 3.05) is 19.0 Å². The first kappa shape index (κ1) is 14.1. The van der Waals surface area contributed by atoms with Gasteiger partial charge in [-0.2, -0.15) is 4.73 Å². The molecule has 0 fully saturated rings. The molecule has 0 unspecified atom stereocenters. The molecule has 3 aromatic rings. The number of hydrogen-bond acceptors (Lipinski definition) is 2. The zero-order valence-electron chi connectivity index (χ0n) is 12.7. The lowest BCUT2D eigenvalue weighted by Crippen LogP contribution is -2.26. The van der Waals surface area contributed by atoms with Crippen LogP contribution in [0.3, 0.4) is 0 Å². The molecule has 3 nitrogen and oxygen atoms in total. The fourth-order valence-electron chi connectivity index (χ4n) is 2.44. The Morgan fingerprint density at radius 3 is 2.36 bits per heavy atom. The van der Waals surface area contributed by atoms with Crippen molar-refractivity contribution in [3.63, 3.8) is 0 Å². The van der Waals surface area contributed by atoms with Crippen molar-refractivity contribution in [3.05, 3.63) is 77.1 Å². The molecule has 0 amide bonds. The number of benzene rings is 2. The summed E-state index contributed by atoms with van der Waals surface area (Å²) in [6, 6.07) is 17.8. The fraction of sp³-hybridized carbons (Fsp3) is 0.105. The number of pyridine rings is 1. The van der Waals surface area contributed by atoms with Crippen LogP contribution < -0.4 is 9.63 Å². The molecule has 0 aliphatic carbocycles. The van der Waals surface area contributed by atoms with Crippen molar-refractivity contribution < 1.29 is 4.73 Å². The number of aromatic nitrogens is 1. The lowest BCUT2D eigenvalue weighted by atomic mass is 10.1. The molecule has 0 atom stereocenters. The molecule has 22 heavy (non-hydrogen) atoms. The number of nitrogens with zero attached hydrogens (tertiary/aromatic N) is 2. The van der Waals surface area contributed by atoms with Crippen LogP contribution in [0.2, 0.25) is 0 Å². The summed E-state index contributed by atoms with van der Waals surface area (Å²) >= 11 is 0. The predicted molar refractivity (Wildman–Crippen MR) is 92.6 cm³/mol. The maximum absolute atomic E-state index is 11.8. The lowest BCUT2D eigenvalue weighted by Gasteiger charge is -2.11. The van der Waals surface area contributed by atoms with Crippen LogP contribution in [-0.2, 0) is 0 Å². The van der Waals surface area contributed by atoms with Gasteiger partial charge >= 0.3 is 0 Å². The highest BCUT2D eigenvalue weighted by atomic mass is 16.5. The normalized spacial score (nSPS) is 11.2. The zero-order valence-corrected chi connectivity index (χ0v) is 12.7. The molecule has 3 heteroatoms. The van der Waals surface area contributed by atoms with Gasteiger partial charge in [0.25, 0.3) is 0 Å². The summed E-state index contributed by atoms with van der Waals surface area (Å²) < 4.78 is 0.901. The quantitative estimate of drug-likeness (QED) is 0.544. The van der Waals surface area contributed by atoms with E-state index in [1.54, 1.807) is 6.20 Å². The van der Waals surface area contributed by atoms with Gasteiger partial charge in [0.15, 0.2) is 6.20 Å². The van der Waals surface area contributed by atoms with Gasteiger partial charge in [0.05, 0.1) is 5.39 Å². The number of rotatable bonds is 3. The van der Waals surface area contributed by atoms with E-state index in [1.807, 2.05) is 50.5 Å². The van der Waals surface area contributed by atoms with Crippen LogP contribution in [0.15, 0.2) is 60.8 Å². The zero-order chi connectivity index (χ0) is 15.5. The van der Waals surface area contributed by atoms with Gasteiger partial charge in [-0.3, -0.25) is 0 Å². The largest absolute Gasteiger partial charge is 0.618 e. The molecule has 1 aromatic heterocycles. The summed E-state index contributed by atoms with van der Waals surface area (Å²) in [5.41, 5.74) is 4.04. The summed E-state index contributed by atoms with van der Waals surface area (Å²) in [7, 11) is 4.05. The minimum atomic E-state index is 0.688. The Balaban J connectivity index is 1.94. The molecular formula is C19H18N2O. The average molecular weight is 290 g/mol. The van der Waals surface area contributed by atoms with Gasteiger partial charge in [-0.1, -0.05) is 36.4 Å². The summed E-state index contributed by atoms with van der Waals surface area (Å²) in [4.78, 5) is 2.07. The Bertz CT molecular complexity index is 820. The van der Waals surface area contributed by atoms with E-state index in [1.165, 1.54) is 5.69 Å². The number of hydrogen-bond donors (Lipinski definition) is 0. The van der Waals surface area contributed by atoms with Crippen LogP contribution in [0, 0.1) is 5.21 Å². The van der Waals surface area contributed by atoms with Crippen molar-refractivity contribution in [2.24, 2.45) is 0 Å². The molecule has 110 valence electrons. The highest BCUT2D eigenvalue weighted by Gasteiger charge is 2.05. The van der Waals surface area contributed by atoms with Gasteiger partial charge in [-0.25, -0.2) is 0 Å². The Morgan fingerprint density at radius 2 is 1.64 bits per heavy atom. The summed E-state index contributed by atoms with van der Waals surface area (Å²) in [5.74, 6) is 0. The first-order chi connectivity index (χ1) is 10.6. The number of anilines is 1. The first-order valence-electron chi connectivity index (χ1n) is 7.21. The van der Waals surface area contributed by atoms with Gasteiger partial charge in [0.1, 0.15) is 0 Å². The molecule has 3 rings (SSSR count). The van der Waals surface area contributed by atoms with Crippen molar-refractivity contribution >= 4 is 28.7 Å². The van der Waals surface area contributed by atoms with Crippen LogP contribution in [0.25, 0.3) is 23.1 Å². The fourth-order valence-corrected chi connectivity index (χ4v) is 2.44. The number of para-hydroxylation sites is 1. The van der Waals surface area contributed by atoms with Crippen LogP contribution in [0.4, 0.5) is 5.69 Å². The van der Waals surface area contributed by atoms with E-state index < -0.39 is 0 Å². The second-order valence-corrected chi connectivity index (χ2v) is 5.43. The molecule has 0 saturated heterocycles. The van der Waals surface area contributed by atoms with E-state index in [0.717, 1.165) is 21.2 Å². The average Bonchev–Trinajstić information content (AvgIpc) is 2.55. The second kappa shape index (κ2) is 5.90. The minimum Gasteiger partial charge on any atom is -0.618 e. The molecule has 1 heterocycles. The topological polar surface area (TPSA) is 30.2 Å². The van der Waals surface area contributed by atoms with Crippen molar-refractivity contribution in [3.8, 4) is 0 Å². The third kappa shape index (κ3) is 2.79. The third-order valence-corrected chi connectivity index (χ3v) is 3.71. The molecule has 0 saturated carbocycles. The van der Waals surface area contributed by atoms with E-state index in [2.05, 4.69) is 35.2 Å². The molecule has 0 spiro atoms. The van der Waals surface area contributed by atoms with Gasteiger partial charge < -0.3 is 10.1 Å². The van der Waals surface area contributed by atoms with E-state index in [4.69, 9.17) is 0 Å².